The number of halogens is 1. The van der Waals surface area contributed by atoms with Gasteiger partial charge in [0.25, 0.3) is 0 Å². The summed E-state index contributed by atoms with van der Waals surface area (Å²) in [5.74, 6) is 2.12. The Balaban J connectivity index is 0.00000288. The van der Waals surface area contributed by atoms with Gasteiger partial charge in [0.1, 0.15) is 0 Å². The number of rotatable bonds is 6. The minimum Gasteiger partial charge on any atom is -0.370 e. The first-order chi connectivity index (χ1) is 11.2. The molecule has 3 N–H and O–H groups in total. The number of likely N-dealkylation sites (tertiary alicyclic amines) is 1. The first-order valence-electron chi connectivity index (χ1n) is 9.43. The molecule has 1 amide bonds. The smallest absolute Gasteiger partial charge is 0.217 e. The number of nitrogens with one attached hydrogen (secondary N) is 1. The third-order valence-electron chi connectivity index (χ3n) is 5.32. The molecule has 1 atom stereocenters. The number of piperidine rings is 1. The molecular weight excluding hydrogens is 415 g/mol. The minimum atomic E-state index is -0.188. The van der Waals surface area contributed by atoms with E-state index in [1.165, 1.54) is 44.9 Å². The van der Waals surface area contributed by atoms with Gasteiger partial charge >= 0.3 is 0 Å². The SMILES string of the molecule is CN=C(NCCCC1CCCCC1)N1CCCC(CC(N)=O)C1.I. The molecule has 6 heteroatoms. The summed E-state index contributed by atoms with van der Waals surface area (Å²) < 4.78 is 0. The fourth-order valence-corrected chi connectivity index (χ4v) is 4.11. The molecule has 2 fully saturated rings. The number of amides is 1. The van der Waals surface area contributed by atoms with Gasteiger partial charge in [-0.1, -0.05) is 32.1 Å². The van der Waals surface area contributed by atoms with E-state index in [1.807, 2.05) is 7.05 Å². The van der Waals surface area contributed by atoms with Crippen LogP contribution in [-0.2, 0) is 4.79 Å². The van der Waals surface area contributed by atoms with E-state index in [4.69, 9.17) is 5.73 Å². The van der Waals surface area contributed by atoms with E-state index in [1.54, 1.807) is 0 Å². The van der Waals surface area contributed by atoms with Gasteiger partial charge in [-0.3, -0.25) is 9.79 Å². The summed E-state index contributed by atoms with van der Waals surface area (Å²) in [5.41, 5.74) is 5.34. The molecule has 2 rings (SSSR count). The highest BCUT2D eigenvalue weighted by molar-refractivity contribution is 14.0. The quantitative estimate of drug-likeness (QED) is 0.283. The Morgan fingerprint density at radius 1 is 1.17 bits per heavy atom. The summed E-state index contributed by atoms with van der Waals surface area (Å²) in [7, 11) is 1.85. The lowest BCUT2D eigenvalue weighted by Gasteiger charge is -2.34. The standard InChI is InChI=1S/C18H34N4O.HI/c1-20-18(21-11-5-9-15-7-3-2-4-8-15)22-12-6-10-16(14-22)13-17(19)23;/h15-16H,2-14H2,1H3,(H2,19,23)(H,20,21);1H. The zero-order chi connectivity index (χ0) is 16.5. The van der Waals surface area contributed by atoms with Crippen LogP contribution < -0.4 is 11.1 Å². The van der Waals surface area contributed by atoms with E-state index in [-0.39, 0.29) is 29.9 Å². The number of carbonyl (C=O) groups is 1. The lowest BCUT2D eigenvalue weighted by molar-refractivity contribution is -0.119. The van der Waals surface area contributed by atoms with E-state index >= 15 is 0 Å². The largest absolute Gasteiger partial charge is 0.370 e. The van der Waals surface area contributed by atoms with E-state index in [0.29, 0.717) is 12.3 Å². The molecule has 2 aliphatic rings. The number of hydrogen-bond donors (Lipinski definition) is 2. The average molecular weight is 450 g/mol. The lowest BCUT2D eigenvalue weighted by Crippen LogP contribution is -2.47. The predicted molar refractivity (Wildman–Crippen MR) is 111 cm³/mol. The Bertz CT molecular complexity index is 396. The highest BCUT2D eigenvalue weighted by atomic mass is 127. The van der Waals surface area contributed by atoms with Gasteiger partial charge in [0.15, 0.2) is 5.96 Å². The minimum absolute atomic E-state index is 0. The lowest BCUT2D eigenvalue weighted by atomic mass is 9.86. The molecule has 0 radical (unpaired) electrons. The second kappa shape index (κ2) is 11.9. The van der Waals surface area contributed by atoms with Crippen molar-refractivity contribution in [2.45, 2.75) is 64.2 Å². The van der Waals surface area contributed by atoms with Crippen molar-refractivity contribution < 1.29 is 4.79 Å². The molecule has 1 unspecified atom stereocenters. The molecule has 0 aromatic carbocycles. The van der Waals surface area contributed by atoms with Gasteiger partial charge < -0.3 is 16.0 Å². The van der Waals surface area contributed by atoms with E-state index in [0.717, 1.165) is 44.4 Å². The van der Waals surface area contributed by atoms with Gasteiger partial charge in [-0.2, -0.15) is 0 Å². The summed E-state index contributed by atoms with van der Waals surface area (Å²) in [4.78, 5) is 17.8. The van der Waals surface area contributed by atoms with Crippen LogP contribution in [0.5, 0.6) is 0 Å². The normalized spacial score (nSPS) is 22.8. The predicted octanol–water partition coefficient (Wildman–Crippen LogP) is 3.13. The molecule has 0 aromatic heterocycles. The van der Waals surface area contributed by atoms with Gasteiger partial charge in [-0.15, -0.1) is 24.0 Å². The second-order valence-electron chi connectivity index (χ2n) is 7.24. The van der Waals surface area contributed by atoms with Crippen LogP contribution in [0.2, 0.25) is 0 Å². The maximum Gasteiger partial charge on any atom is 0.217 e. The van der Waals surface area contributed by atoms with Crippen molar-refractivity contribution in [3.05, 3.63) is 0 Å². The molecule has 0 bridgehead atoms. The zero-order valence-electron chi connectivity index (χ0n) is 15.1. The molecule has 140 valence electrons. The number of aliphatic imine (C=N–C) groups is 1. The van der Waals surface area contributed by atoms with Gasteiger partial charge in [-0.25, -0.2) is 0 Å². The van der Waals surface area contributed by atoms with Gasteiger partial charge in [-0.05, 0) is 37.5 Å². The monoisotopic (exact) mass is 450 g/mol. The summed E-state index contributed by atoms with van der Waals surface area (Å²) in [6, 6.07) is 0. The molecule has 1 saturated heterocycles. The third-order valence-corrected chi connectivity index (χ3v) is 5.32. The van der Waals surface area contributed by atoms with Crippen molar-refractivity contribution in [3.63, 3.8) is 0 Å². The first kappa shape index (κ1) is 21.5. The molecule has 0 spiro atoms. The van der Waals surface area contributed by atoms with E-state index in [9.17, 15) is 4.79 Å². The topological polar surface area (TPSA) is 70.7 Å². The van der Waals surface area contributed by atoms with Crippen LogP contribution in [0, 0.1) is 11.8 Å². The molecule has 1 aliphatic heterocycles. The number of guanidine groups is 1. The Kier molecular flexibility index (Phi) is 10.7. The van der Waals surface area contributed by atoms with Crippen LogP contribution >= 0.6 is 24.0 Å². The summed E-state index contributed by atoms with van der Waals surface area (Å²) >= 11 is 0. The zero-order valence-corrected chi connectivity index (χ0v) is 17.5. The first-order valence-corrected chi connectivity index (χ1v) is 9.43. The molecule has 1 saturated carbocycles. The van der Waals surface area contributed by atoms with Crippen LogP contribution in [0.1, 0.15) is 64.2 Å². The van der Waals surface area contributed by atoms with Crippen LogP contribution in [0.15, 0.2) is 4.99 Å². The molecule has 1 aliphatic carbocycles. The molecule has 0 aromatic rings. The highest BCUT2D eigenvalue weighted by Crippen LogP contribution is 2.27. The second-order valence-corrected chi connectivity index (χ2v) is 7.24. The Morgan fingerprint density at radius 3 is 2.54 bits per heavy atom. The Morgan fingerprint density at radius 2 is 1.88 bits per heavy atom. The van der Waals surface area contributed by atoms with Crippen molar-refractivity contribution >= 4 is 35.8 Å². The summed E-state index contributed by atoms with van der Waals surface area (Å²) in [5, 5.41) is 3.51. The number of carbonyl (C=O) groups excluding carboxylic acids is 1. The van der Waals surface area contributed by atoms with Crippen LogP contribution in [0.4, 0.5) is 0 Å². The summed E-state index contributed by atoms with van der Waals surface area (Å²) in [6.07, 6.45) is 12.4. The van der Waals surface area contributed by atoms with Crippen molar-refractivity contribution in [1.82, 2.24) is 10.2 Å². The van der Waals surface area contributed by atoms with Crippen LogP contribution in [-0.4, -0.2) is 43.4 Å². The van der Waals surface area contributed by atoms with Crippen molar-refractivity contribution in [3.8, 4) is 0 Å². The molecule has 1 heterocycles. The number of hydrogen-bond acceptors (Lipinski definition) is 2. The van der Waals surface area contributed by atoms with Crippen molar-refractivity contribution in [1.29, 1.82) is 0 Å². The number of primary amides is 1. The van der Waals surface area contributed by atoms with E-state index in [2.05, 4.69) is 15.2 Å². The van der Waals surface area contributed by atoms with Crippen molar-refractivity contribution in [2.75, 3.05) is 26.7 Å². The fraction of sp³-hybridized carbons (Fsp3) is 0.889. The maximum atomic E-state index is 11.1. The number of nitrogens with zero attached hydrogens (tertiary/aromatic N) is 2. The number of nitrogens with two attached hydrogens (primary N) is 1. The van der Waals surface area contributed by atoms with E-state index < -0.39 is 0 Å². The van der Waals surface area contributed by atoms with Gasteiger partial charge in [0.05, 0.1) is 0 Å². The van der Waals surface area contributed by atoms with Crippen molar-refractivity contribution in [2.24, 2.45) is 22.6 Å². The third kappa shape index (κ3) is 7.57. The maximum absolute atomic E-state index is 11.1. The van der Waals surface area contributed by atoms with Gasteiger partial charge in [0, 0.05) is 33.1 Å². The van der Waals surface area contributed by atoms with Gasteiger partial charge in [0.2, 0.25) is 5.91 Å². The van der Waals surface area contributed by atoms with Crippen LogP contribution in [0.25, 0.3) is 0 Å². The Hall–Kier alpha value is -0.530. The molecule has 5 nitrogen and oxygen atoms in total. The molecular formula is C18H35IN4O. The van der Waals surface area contributed by atoms with Crippen LogP contribution in [0.3, 0.4) is 0 Å². The fourth-order valence-electron chi connectivity index (χ4n) is 4.11. The highest BCUT2D eigenvalue weighted by Gasteiger charge is 2.23. The summed E-state index contributed by atoms with van der Waals surface area (Å²) in [6.45, 7) is 2.92. The average Bonchev–Trinajstić information content (AvgIpc) is 2.55. The molecule has 24 heavy (non-hydrogen) atoms. The Labute approximate surface area is 164 Å².